The highest BCUT2D eigenvalue weighted by Crippen LogP contribution is 2.30. The van der Waals surface area contributed by atoms with Gasteiger partial charge in [-0.3, -0.25) is 0 Å². The lowest BCUT2D eigenvalue weighted by Gasteiger charge is -2.43. The van der Waals surface area contributed by atoms with Crippen molar-refractivity contribution < 1.29 is 48.1 Å². The second-order valence-electron chi connectivity index (χ2n) is 16.8. The zero-order valence-corrected chi connectivity index (χ0v) is 37.9. The van der Waals surface area contributed by atoms with E-state index in [4.69, 9.17) is 37.9 Å². The lowest BCUT2D eigenvalue weighted by molar-refractivity contribution is -0.248. The molecule has 0 spiro atoms. The predicted octanol–water partition coefficient (Wildman–Crippen LogP) is 8.03. The van der Waals surface area contributed by atoms with E-state index in [1.165, 1.54) is 0 Å². The molecule has 10 heteroatoms. The molecule has 8 rings (SSSR count). The van der Waals surface area contributed by atoms with E-state index in [-0.39, 0.29) is 39.6 Å². The molecule has 0 aliphatic carbocycles. The van der Waals surface area contributed by atoms with Crippen molar-refractivity contribution in [1.82, 2.24) is 0 Å². The zero-order chi connectivity index (χ0) is 46.6. The van der Waals surface area contributed by atoms with Crippen LogP contribution in [0.15, 0.2) is 182 Å². The number of aliphatic hydroxyl groups is 2. The van der Waals surface area contributed by atoms with Crippen molar-refractivity contribution >= 4 is 0 Å². The van der Waals surface area contributed by atoms with Crippen molar-refractivity contribution in [3.63, 3.8) is 0 Å². The molecule has 10 atom stereocenters. The fourth-order valence-corrected chi connectivity index (χ4v) is 8.12. The van der Waals surface area contributed by atoms with Crippen LogP contribution >= 0.6 is 0 Å². The Labute approximate surface area is 399 Å². The quantitative estimate of drug-likeness (QED) is 0.0731. The van der Waals surface area contributed by atoms with Gasteiger partial charge in [0.1, 0.15) is 61.0 Å². The van der Waals surface area contributed by atoms with Gasteiger partial charge in [0.2, 0.25) is 0 Å². The van der Waals surface area contributed by atoms with Crippen LogP contribution in [0.4, 0.5) is 0 Å². The summed E-state index contributed by atoms with van der Waals surface area (Å²) in [5.74, 6) is 12.5. The van der Waals surface area contributed by atoms with Gasteiger partial charge in [0.05, 0.1) is 52.9 Å². The molecule has 0 radical (unpaired) electrons. The van der Waals surface area contributed by atoms with Crippen LogP contribution in [0.1, 0.15) is 33.4 Å². The van der Waals surface area contributed by atoms with Crippen LogP contribution in [-0.2, 0) is 77.5 Å². The molecular formula is C58H58O10. The molecular weight excluding hydrogens is 857 g/mol. The third kappa shape index (κ3) is 14.3. The maximum absolute atomic E-state index is 11.9. The van der Waals surface area contributed by atoms with Crippen LogP contribution in [0.25, 0.3) is 0 Å². The summed E-state index contributed by atoms with van der Waals surface area (Å²) in [5, 5.41) is 23.9. The maximum atomic E-state index is 11.9. The first kappa shape index (κ1) is 48.5. The van der Waals surface area contributed by atoms with Gasteiger partial charge in [0.15, 0.2) is 0 Å². The van der Waals surface area contributed by atoms with Gasteiger partial charge in [-0.25, -0.2) is 0 Å². The van der Waals surface area contributed by atoms with Crippen molar-refractivity contribution in [2.45, 2.75) is 101 Å². The summed E-state index contributed by atoms with van der Waals surface area (Å²) >= 11 is 0. The van der Waals surface area contributed by atoms with Gasteiger partial charge < -0.3 is 48.1 Å². The number of rotatable bonds is 20. The van der Waals surface area contributed by atoms with E-state index in [9.17, 15) is 10.2 Å². The van der Waals surface area contributed by atoms with Crippen LogP contribution in [0.2, 0.25) is 0 Å². The van der Waals surface area contributed by atoms with Crippen LogP contribution in [0.5, 0.6) is 0 Å². The highest BCUT2D eigenvalue weighted by molar-refractivity contribution is 5.31. The second-order valence-corrected chi connectivity index (χ2v) is 16.8. The summed E-state index contributed by atoms with van der Waals surface area (Å²) in [6.45, 7) is 1.72. The van der Waals surface area contributed by atoms with Crippen molar-refractivity contribution in [1.29, 1.82) is 0 Å². The van der Waals surface area contributed by atoms with Crippen molar-refractivity contribution in [2.75, 3.05) is 13.2 Å². The molecule has 0 amide bonds. The number of hydrogen-bond acceptors (Lipinski definition) is 10. The monoisotopic (exact) mass is 914 g/mol. The van der Waals surface area contributed by atoms with Crippen molar-refractivity contribution in [3.8, 4) is 23.7 Å². The summed E-state index contributed by atoms with van der Waals surface area (Å²) in [6.07, 6.45) is -8.94. The predicted molar refractivity (Wildman–Crippen MR) is 257 cm³/mol. The molecule has 2 aliphatic heterocycles. The molecule has 2 fully saturated rings. The lowest BCUT2D eigenvalue weighted by Crippen LogP contribution is -2.60. The molecule has 0 aromatic heterocycles. The molecule has 2 heterocycles. The Morgan fingerprint density at radius 2 is 0.588 bits per heavy atom. The van der Waals surface area contributed by atoms with Gasteiger partial charge >= 0.3 is 0 Å². The van der Waals surface area contributed by atoms with Gasteiger partial charge in [-0.15, -0.1) is 0 Å². The fraction of sp³-hybridized carbons (Fsp3) is 0.310. The molecule has 6 aromatic carbocycles. The third-order valence-corrected chi connectivity index (χ3v) is 11.7. The Hall–Kier alpha value is -5.96. The molecule has 6 aromatic rings. The van der Waals surface area contributed by atoms with Gasteiger partial charge in [-0.05, 0) is 45.2 Å². The average molecular weight is 915 g/mol. The van der Waals surface area contributed by atoms with Crippen LogP contribution in [0, 0.1) is 23.7 Å². The van der Waals surface area contributed by atoms with E-state index in [0.29, 0.717) is 13.2 Å². The first-order chi connectivity index (χ1) is 33.6. The Balaban J connectivity index is 1.08. The molecule has 0 bridgehead atoms. The minimum Gasteiger partial charge on any atom is -0.387 e. The topological polar surface area (TPSA) is 114 Å². The molecule has 10 nitrogen and oxygen atoms in total. The Bertz CT molecular complexity index is 2300. The van der Waals surface area contributed by atoms with E-state index < -0.39 is 61.0 Å². The average Bonchev–Trinajstić information content (AvgIpc) is 3.39. The summed E-state index contributed by atoms with van der Waals surface area (Å²) in [6, 6.07) is 58.8. The Morgan fingerprint density at radius 1 is 0.338 bits per heavy atom. The Morgan fingerprint density at radius 3 is 0.868 bits per heavy atom. The maximum Gasteiger partial charge on any atom is 0.148 e. The third-order valence-electron chi connectivity index (χ3n) is 11.7. The first-order valence-electron chi connectivity index (χ1n) is 23.1. The minimum atomic E-state index is -1.11. The van der Waals surface area contributed by atoms with Gasteiger partial charge in [0.25, 0.3) is 0 Å². The highest BCUT2D eigenvalue weighted by Gasteiger charge is 2.48. The van der Waals surface area contributed by atoms with Crippen molar-refractivity contribution in [3.05, 3.63) is 215 Å². The second kappa shape index (κ2) is 26.0. The van der Waals surface area contributed by atoms with Crippen LogP contribution in [0.3, 0.4) is 0 Å². The normalized spacial score (nSPS) is 24.5. The number of hydrogen-bond donors (Lipinski definition) is 2. The molecule has 350 valence electrons. The summed E-state index contributed by atoms with van der Waals surface area (Å²) in [5.41, 5.74) is 5.74. The van der Waals surface area contributed by atoms with E-state index in [0.717, 1.165) is 33.4 Å². The smallest absolute Gasteiger partial charge is 0.148 e. The van der Waals surface area contributed by atoms with E-state index in [2.05, 4.69) is 23.7 Å². The molecule has 0 saturated carbocycles. The van der Waals surface area contributed by atoms with E-state index >= 15 is 0 Å². The molecule has 2 aliphatic rings. The number of ether oxygens (including phenoxy) is 8. The van der Waals surface area contributed by atoms with Crippen LogP contribution in [-0.4, -0.2) is 84.5 Å². The molecule has 2 N–H and O–H groups in total. The molecule has 2 saturated heterocycles. The minimum absolute atomic E-state index is 0.0767. The highest BCUT2D eigenvalue weighted by atomic mass is 16.6. The summed E-state index contributed by atoms with van der Waals surface area (Å²) in [7, 11) is 0. The van der Waals surface area contributed by atoms with Crippen molar-refractivity contribution in [2.24, 2.45) is 0 Å². The number of benzene rings is 6. The SMILES string of the molecule is O[C@H]1[C@H](OCc2ccccc2)[C@@H](OCc2ccccc2)[C@@H](C#CC#C[C@H]2O[C@H](COCc3ccccc3)[C@@H](O)[C@H](OCc3ccccc3)[C@H]2OCc2ccccc2)O[C@@H]1COCc1ccccc1. The standard InChI is InChI=1S/C58H58O10/c59-53-51(41-61-35-43-21-7-1-8-22-43)67-49(55(63-37-45-25-11-3-12-26-45)57(53)65-39-47-29-15-5-16-30-47)33-19-20-34-50-56(64-38-46-27-13-4-14-28-46)58(66-40-48-31-17-6-18-32-48)54(60)52(68-50)42-62-36-44-23-9-2-10-24-44/h1-18,21-32,49-60H,35-42H2/t49-,50-,51-,52-,53-,54-,55+,56+,57+,58+/m1/s1. The van der Waals surface area contributed by atoms with Gasteiger partial charge in [0, 0.05) is 0 Å². The van der Waals surface area contributed by atoms with Gasteiger partial charge in [-0.2, -0.15) is 0 Å². The Kier molecular flexibility index (Phi) is 18.5. The number of aliphatic hydroxyl groups excluding tert-OH is 2. The van der Waals surface area contributed by atoms with E-state index in [1.807, 2.05) is 182 Å². The summed E-state index contributed by atoms with van der Waals surface area (Å²) < 4.78 is 51.6. The first-order valence-corrected chi connectivity index (χ1v) is 23.1. The van der Waals surface area contributed by atoms with Gasteiger partial charge in [-0.1, -0.05) is 194 Å². The fourth-order valence-electron chi connectivity index (χ4n) is 8.12. The molecule has 68 heavy (non-hydrogen) atoms. The molecule has 0 unspecified atom stereocenters. The largest absolute Gasteiger partial charge is 0.387 e. The summed E-state index contributed by atoms with van der Waals surface area (Å²) in [4.78, 5) is 0. The van der Waals surface area contributed by atoms with E-state index in [1.54, 1.807) is 0 Å². The lowest BCUT2D eigenvalue weighted by atomic mass is 9.94. The zero-order valence-electron chi connectivity index (χ0n) is 37.9. The van der Waals surface area contributed by atoms with Crippen LogP contribution < -0.4 is 0 Å².